The largest absolute Gasteiger partial charge is 0.497 e. The molecule has 0 fully saturated rings. The van der Waals surface area contributed by atoms with Crippen LogP contribution in [0.2, 0.25) is 0 Å². The second-order valence-corrected chi connectivity index (χ2v) is 6.60. The van der Waals surface area contributed by atoms with Crippen LogP contribution >= 0.6 is 11.3 Å². The highest BCUT2D eigenvalue weighted by atomic mass is 32.1. The van der Waals surface area contributed by atoms with E-state index in [2.05, 4.69) is 15.6 Å². The Morgan fingerprint density at radius 2 is 1.89 bits per heavy atom. The van der Waals surface area contributed by atoms with E-state index < -0.39 is 12.0 Å². The number of hydrogen-bond donors (Lipinski definition) is 2. The van der Waals surface area contributed by atoms with Crippen molar-refractivity contribution >= 4 is 44.4 Å². The number of carbonyl (C=O) groups excluding carboxylic acids is 2. The summed E-state index contributed by atoms with van der Waals surface area (Å²) in [6.45, 7) is 2.06. The minimum Gasteiger partial charge on any atom is -0.497 e. The molecule has 0 bridgehead atoms. The van der Waals surface area contributed by atoms with Gasteiger partial charge in [-0.2, -0.15) is 0 Å². The Morgan fingerprint density at radius 3 is 2.61 bits per heavy atom. The number of fused-ring (bicyclic) bond motifs is 1. The van der Waals surface area contributed by atoms with Gasteiger partial charge in [0.05, 0.1) is 42.3 Å². The number of esters is 1. The molecule has 0 radical (unpaired) electrons. The fraction of sp³-hybridized carbons (Fsp3) is 0.211. The zero-order chi connectivity index (χ0) is 20.1. The quantitative estimate of drug-likeness (QED) is 0.603. The number of urea groups is 1. The first kappa shape index (κ1) is 19.4. The first-order valence-electron chi connectivity index (χ1n) is 8.41. The fourth-order valence-corrected chi connectivity index (χ4v) is 3.37. The number of methoxy groups -OCH3 is 2. The van der Waals surface area contributed by atoms with E-state index in [9.17, 15) is 9.59 Å². The summed E-state index contributed by atoms with van der Waals surface area (Å²) < 4.78 is 16.2. The number of hydrogen-bond acceptors (Lipinski definition) is 7. The molecule has 1 aromatic heterocycles. The van der Waals surface area contributed by atoms with Crippen LogP contribution in [0.1, 0.15) is 17.3 Å². The number of aromatic nitrogens is 1. The van der Waals surface area contributed by atoms with Crippen molar-refractivity contribution in [2.24, 2.45) is 0 Å². The van der Waals surface area contributed by atoms with Crippen molar-refractivity contribution in [1.82, 2.24) is 4.98 Å². The molecule has 0 aliphatic heterocycles. The maximum atomic E-state index is 12.3. The zero-order valence-electron chi connectivity index (χ0n) is 15.6. The molecule has 2 aromatic carbocycles. The predicted molar refractivity (Wildman–Crippen MR) is 108 cm³/mol. The summed E-state index contributed by atoms with van der Waals surface area (Å²) in [5, 5.41) is 5.81. The van der Waals surface area contributed by atoms with Gasteiger partial charge in [-0.1, -0.05) is 11.3 Å². The van der Waals surface area contributed by atoms with Crippen LogP contribution in [0.25, 0.3) is 10.2 Å². The Hall–Kier alpha value is -3.33. The molecule has 0 unspecified atom stereocenters. The highest BCUT2D eigenvalue weighted by Gasteiger charge is 2.13. The first-order valence-corrected chi connectivity index (χ1v) is 9.23. The van der Waals surface area contributed by atoms with Crippen LogP contribution in [-0.4, -0.2) is 37.8 Å². The number of carbonyl (C=O) groups is 2. The van der Waals surface area contributed by atoms with Gasteiger partial charge in [-0.05, 0) is 37.3 Å². The van der Waals surface area contributed by atoms with Crippen LogP contribution in [-0.2, 0) is 4.74 Å². The van der Waals surface area contributed by atoms with Crippen LogP contribution in [0.4, 0.5) is 15.6 Å². The highest BCUT2D eigenvalue weighted by Crippen LogP contribution is 2.30. The summed E-state index contributed by atoms with van der Waals surface area (Å²) in [5.74, 6) is 0.695. The van der Waals surface area contributed by atoms with E-state index in [0.29, 0.717) is 40.0 Å². The smallest absolute Gasteiger partial charge is 0.338 e. The lowest BCUT2D eigenvalue weighted by Crippen LogP contribution is -2.19. The van der Waals surface area contributed by atoms with E-state index in [1.807, 2.05) is 0 Å². The van der Waals surface area contributed by atoms with Crippen LogP contribution < -0.4 is 20.1 Å². The monoisotopic (exact) mass is 401 g/mol. The molecule has 2 amide bonds. The van der Waals surface area contributed by atoms with Crippen molar-refractivity contribution in [3.63, 3.8) is 0 Å². The van der Waals surface area contributed by atoms with E-state index in [1.54, 1.807) is 50.4 Å². The zero-order valence-corrected chi connectivity index (χ0v) is 16.4. The maximum Gasteiger partial charge on any atom is 0.338 e. The van der Waals surface area contributed by atoms with Gasteiger partial charge in [-0.15, -0.1) is 0 Å². The van der Waals surface area contributed by atoms with Crippen molar-refractivity contribution < 1.29 is 23.8 Å². The molecule has 0 saturated carbocycles. The lowest BCUT2D eigenvalue weighted by Gasteiger charge is -2.11. The lowest BCUT2D eigenvalue weighted by molar-refractivity contribution is 0.0526. The summed E-state index contributed by atoms with van der Waals surface area (Å²) in [6, 6.07) is 9.66. The van der Waals surface area contributed by atoms with Crippen molar-refractivity contribution in [2.75, 3.05) is 31.5 Å². The molecule has 146 valence electrons. The molecule has 0 aliphatic rings. The average molecular weight is 401 g/mol. The van der Waals surface area contributed by atoms with Crippen molar-refractivity contribution in [3.05, 3.63) is 42.0 Å². The Labute approximate surface area is 165 Å². The third-order valence-electron chi connectivity index (χ3n) is 3.78. The molecule has 1 heterocycles. The summed E-state index contributed by atoms with van der Waals surface area (Å²) >= 11 is 1.26. The van der Waals surface area contributed by atoms with Crippen LogP contribution in [0.3, 0.4) is 0 Å². The Bertz CT molecular complexity index is 1020. The molecule has 0 saturated heterocycles. The summed E-state index contributed by atoms with van der Waals surface area (Å²) in [5.41, 5.74) is 1.61. The Morgan fingerprint density at radius 1 is 1.07 bits per heavy atom. The van der Waals surface area contributed by atoms with E-state index >= 15 is 0 Å². The molecule has 3 rings (SSSR count). The van der Waals surface area contributed by atoms with Gasteiger partial charge in [0.25, 0.3) is 0 Å². The summed E-state index contributed by atoms with van der Waals surface area (Å²) in [6.07, 6.45) is 0. The fourth-order valence-electron chi connectivity index (χ4n) is 2.47. The molecule has 2 N–H and O–H groups in total. The molecule has 28 heavy (non-hydrogen) atoms. The Balaban J connectivity index is 1.73. The minimum absolute atomic E-state index is 0.307. The summed E-state index contributed by atoms with van der Waals surface area (Å²) in [4.78, 5) is 28.5. The third kappa shape index (κ3) is 4.32. The van der Waals surface area contributed by atoms with Gasteiger partial charge in [-0.3, -0.25) is 5.32 Å². The number of amides is 2. The minimum atomic E-state index is -0.465. The number of ether oxygens (including phenoxy) is 3. The molecule has 9 heteroatoms. The molecule has 0 atom stereocenters. The molecular weight excluding hydrogens is 382 g/mol. The standard InChI is InChI=1S/C19H19N3O5S/c1-4-27-17(23)11-5-7-14-16(9-11)28-19(21-14)22-18(24)20-13-8-6-12(25-2)10-15(13)26-3/h5-10H,4H2,1-3H3,(H2,20,21,22,24). The predicted octanol–water partition coefficient (Wildman–Crippen LogP) is 4.13. The number of benzene rings is 2. The van der Waals surface area contributed by atoms with Gasteiger partial charge in [-0.25, -0.2) is 14.6 Å². The first-order chi connectivity index (χ1) is 13.5. The number of nitrogens with zero attached hydrogens (tertiary/aromatic N) is 1. The lowest BCUT2D eigenvalue weighted by atomic mass is 10.2. The van der Waals surface area contributed by atoms with Gasteiger partial charge in [0.2, 0.25) is 0 Å². The van der Waals surface area contributed by atoms with Crippen LogP contribution in [0.15, 0.2) is 36.4 Å². The van der Waals surface area contributed by atoms with Crippen molar-refractivity contribution in [3.8, 4) is 11.5 Å². The van der Waals surface area contributed by atoms with E-state index in [0.717, 1.165) is 4.70 Å². The van der Waals surface area contributed by atoms with Gasteiger partial charge >= 0.3 is 12.0 Å². The van der Waals surface area contributed by atoms with Gasteiger partial charge < -0.3 is 19.5 Å². The number of nitrogens with one attached hydrogen (secondary N) is 2. The molecule has 8 nitrogen and oxygen atoms in total. The number of rotatable bonds is 6. The molecule has 0 spiro atoms. The molecule has 0 aliphatic carbocycles. The van der Waals surface area contributed by atoms with Gasteiger partial charge in [0, 0.05) is 6.07 Å². The second kappa shape index (κ2) is 8.57. The summed E-state index contributed by atoms with van der Waals surface area (Å²) in [7, 11) is 3.06. The number of thiazole rings is 1. The van der Waals surface area contributed by atoms with E-state index in [1.165, 1.54) is 18.4 Å². The van der Waals surface area contributed by atoms with Crippen molar-refractivity contribution in [2.45, 2.75) is 6.92 Å². The van der Waals surface area contributed by atoms with Crippen molar-refractivity contribution in [1.29, 1.82) is 0 Å². The topological polar surface area (TPSA) is 98.8 Å². The normalized spacial score (nSPS) is 10.4. The number of anilines is 2. The third-order valence-corrected chi connectivity index (χ3v) is 4.71. The van der Waals surface area contributed by atoms with Gasteiger partial charge in [0.15, 0.2) is 5.13 Å². The SMILES string of the molecule is CCOC(=O)c1ccc2nc(NC(=O)Nc3ccc(OC)cc3OC)sc2c1. The molecular formula is C19H19N3O5S. The maximum absolute atomic E-state index is 12.3. The molecule has 3 aromatic rings. The van der Waals surface area contributed by atoms with Crippen LogP contribution in [0, 0.1) is 0 Å². The van der Waals surface area contributed by atoms with E-state index in [4.69, 9.17) is 14.2 Å². The second-order valence-electron chi connectivity index (χ2n) is 5.57. The van der Waals surface area contributed by atoms with Gasteiger partial charge in [0.1, 0.15) is 11.5 Å². The van der Waals surface area contributed by atoms with Crippen LogP contribution in [0.5, 0.6) is 11.5 Å². The highest BCUT2D eigenvalue weighted by molar-refractivity contribution is 7.22. The van der Waals surface area contributed by atoms with E-state index in [-0.39, 0.29) is 0 Å². The average Bonchev–Trinajstić information content (AvgIpc) is 3.09. The Kier molecular flexibility index (Phi) is 5.95.